The number of carboxylic acids is 1. The molecule has 1 atom stereocenters. The van der Waals surface area contributed by atoms with Crippen molar-refractivity contribution in [2.24, 2.45) is 0 Å². The van der Waals surface area contributed by atoms with E-state index in [0.29, 0.717) is 12.1 Å². The summed E-state index contributed by atoms with van der Waals surface area (Å²) in [6.07, 6.45) is -0.826. The van der Waals surface area contributed by atoms with Gasteiger partial charge in [0.1, 0.15) is 16.5 Å². The zero-order valence-electron chi connectivity index (χ0n) is 12.9. The third kappa shape index (κ3) is 4.37. The van der Waals surface area contributed by atoms with E-state index in [2.05, 4.69) is 0 Å². The predicted molar refractivity (Wildman–Crippen MR) is 84.8 cm³/mol. The highest BCUT2D eigenvalue weighted by Gasteiger charge is 2.30. The van der Waals surface area contributed by atoms with Gasteiger partial charge in [0.2, 0.25) is 10.0 Å². The molecule has 0 fully saturated rings. The number of nitro benzene ring substituents is 1. The summed E-state index contributed by atoms with van der Waals surface area (Å²) in [5, 5.41) is 20.1. The van der Waals surface area contributed by atoms with Gasteiger partial charge in [-0.2, -0.15) is 0 Å². The highest BCUT2D eigenvalue weighted by molar-refractivity contribution is 7.89. The average Bonchev–Trinajstić information content (AvgIpc) is 2.53. The highest BCUT2D eigenvalue weighted by atomic mass is 32.2. The van der Waals surface area contributed by atoms with Crippen LogP contribution in [0.3, 0.4) is 0 Å². The van der Waals surface area contributed by atoms with E-state index in [1.807, 2.05) is 4.72 Å². The molecular formula is C15H12F2N2O6S. The Morgan fingerprint density at radius 2 is 1.88 bits per heavy atom. The lowest BCUT2D eigenvalue weighted by Crippen LogP contribution is -2.31. The second-order valence-electron chi connectivity index (χ2n) is 5.16. The van der Waals surface area contributed by atoms with Crippen molar-refractivity contribution in [2.75, 3.05) is 0 Å². The first-order valence-electron chi connectivity index (χ1n) is 7.04. The van der Waals surface area contributed by atoms with Crippen LogP contribution >= 0.6 is 0 Å². The Morgan fingerprint density at radius 1 is 1.23 bits per heavy atom. The first-order chi connectivity index (χ1) is 12.1. The first-order valence-corrected chi connectivity index (χ1v) is 8.52. The molecule has 2 rings (SSSR count). The van der Waals surface area contributed by atoms with Crippen molar-refractivity contribution >= 4 is 21.7 Å². The Balaban J connectivity index is 2.49. The summed E-state index contributed by atoms with van der Waals surface area (Å²) in [4.78, 5) is 20.5. The molecule has 2 aromatic rings. The number of hydrogen-bond donors (Lipinski definition) is 2. The van der Waals surface area contributed by atoms with Crippen LogP contribution in [-0.2, 0) is 14.8 Å². The normalized spacial score (nSPS) is 12.5. The van der Waals surface area contributed by atoms with Gasteiger partial charge in [0, 0.05) is 17.7 Å². The molecule has 0 bridgehead atoms. The molecule has 0 aromatic heterocycles. The maximum atomic E-state index is 13.8. The summed E-state index contributed by atoms with van der Waals surface area (Å²) in [6, 6.07) is 5.16. The number of nitrogens with zero attached hydrogens (tertiary/aromatic N) is 1. The van der Waals surface area contributed by atoms with E-state index >= 15 is 0 Å². The van der Waals surface area contributed by atoms with Crippen LogP contribution in [0.5, 0.6) is 0 Å². The third-order valence-corrected chi connectivity index (χ3v) is 4.87. The number of para-hydroxylation sites is 1. The summed E-state index contributed by atoms with van der Waals surface area (Å²) in [6.45, 7) is 0. The molecule has 138 valence electrons. The maximum Gasteiger partial charge on any atom is 0.305 e. The Morgan fingerprint density at radius 3 is 2.46 bits per heavy atom. The monoisotopic (exact) mass is 386 g/mol. The van der Waals surface area contributed by atoms with Gasteiger partial charge >= 0.3 is 5.97 Å². The van der Waals surface area contributed by atoms with Crippen LogP contribution in [0.2, 0.25) is 0 Å². The van der Waals surface area contributed by atoms with Crippen LogP contribution in [0.1, 0.15) is 18.0 Å². The van der Waals surface area contributed by atoms with Gasteiger partial charge in [-0.1, -0.05) is 18.2 Å². The van der Waals surface area contributed by atoms with Gasteiger partial charge in [0.05, 0.1) is 17.4 Å². The summed E-state index contributed by atoms with van der Waals surface area (Å²) in [5.74, 6) is -3.81. The quantitative estimate of drug-likeness (QED) is 0.556. The van der Waals surface area contributed by atoms with Crippen LogP contribution in [0.15, 0.2) is 47.4 Å². The summed E-state index contributed by atoms with van der Waals surface area (Å²) in [7, 11) is -4.62. The Bertz CT molecular complexity index is 964. The summed E-state index contributed by atoms with van der Waals surface area (Å²) in [5.41, 5.74) is -0.702. The molecule has 0 amide bonds. The third-order valence-electron chi connectivity index (χ3n) is 3.37. The van der Waals surface area contributed by atoms with E-state index in [1.54, 1.807) is 0 Å². The molecule has 0 aliphatic carbocycles. The van der Waals surface area contributed by atoms with E-state index in [0.717, 1.165) is 12.1 Å². The number of benzene rings is 2. The lowest BCUT2D eigenvalue weighted by molar-refractivity contribution is -0.385. The smallest absolute Gasteiger partial charge is 0.305 e. The van der Waals surface area contributed by atoms with Crippen molar-refractivity contribution in [3.63, 3.8) is 0 Å². The van der Waals surface area contributed by atoms with Gasteiger partial charge in [-0.15, -0.1) is 0 Å². The van der Waals surface area contributed by atoms with Crippen molar-refractivity contribution < 1.29 is 32.0 Å². The zero-order chi connectivity index (χ0) is 19.5. The van der Waals surface area contributed by atoms with Crippen LogP contribution in [0.25, 0.3) is 0 Å². The average molecular weight is 386 g/mol. The molecule has 0 heterocycles. The van der Waals surface area contributed by atoms with Gasteiger partial charge in [-0.05, 0) is 12.1 Å². The number of sulfonamides is 1. The molecule has 0 aliphatic heterocycles. The van der Waals surface area contributed by atoms with Gasteiger partial charge in [0.25, 0.3) is 5.69 Å². The van der Waals surface area contributed by atoms with Crippen molar-refractivity contribution in [3.8, 4) is 0 Å². The fourth-order valence-electron chi connectivity index (χ4n) is 2.28. The van der Waals surface area contributed by atoms with Crippen molar-refractivity contribution in [1.29, 1.82) is 0 Å². The molecular weight excluding hydrogens is 374 g/mol. The standard InChI is InChI=1S/C15H12F2N2O6S/c16-9-5-6-14(11(17)7-9)26(24,25)18-12(8-15(20)21)10-3-1-2-4-13(10)19(22)23/h1-7,12,18H,8H2,(H,20,21). The summed E-state index contributed by atoms with van der Waals surface area (Å²) < 4.78 is 53.4. The number of halogens is 2. The van der Waals surface area contributed by atoms with Crippen molar-refractivity contribution in [1.82, 2.24) is 4.72 Å². The molecule has 0 aliphatic rings. The number of nitro groups is 1. The lowest BCUT2D eigenvalue weighted by atomic mass is 10.0. The van der Waals surface area contributed by atoms with Crippen molar-refractivity contribution in [2.45, 2.75) is 17.4 Å². The van der Waals surface area contributed by atoms with Crippen molar-refractivity contribution in [3.05, 3.63) is 69.8 Å². The molecule has 2 N–H and O–H groups in total. The minimum atomic E-state index is -4.62. The number of rotatable bonds is 7. The van der Waals surface area contributed by atoms with Crippen LogP contribution in [0, 0.1) is 21.7 Å². The van der Waals surface area contributed by atoms with Gasteiger partial charge in [-0.25, -0.2) is 21.9 Å². The molecule has 0 spiro atoms. The van der Waals surface area contributed by atoms with E-state index in [9.17, 15) is 32.1 Å². The molecule has 2 aromatic carbocycles. The maximum absolute atomic E-state index is 13.8. The fraction of sp³-hybridized carbons (Fsp3) is 0.133. The topological polar surface area (TPSA) is 127 Å². The SMILES string of the molecule is O=C(O)CC(NS(=O)(=O)c1ccc(F)cc1F)c1ccccc1[N+](=O)[O-]. The van der Waals surface area contributed by atoms with Crippen LogP contribution in [-0.4, -0.2) is 24.4 Å². The van der Waals surface area contributed by atoms with Crippen LogP contribution < -0.4 is 4.72 Å². The Hall–Kier alpha value is -2.92. The molecule has 11 heteroatoms. The number of carboxylic acid groups (broad SMARTS) is 1. The van der Waals surface area contributed by atoms with E-state index in [-0.39, 0.29) is 5.56 Å². The minimum absolute atomic E-state index is 0.203. The molecule has 26 heavy (non-hydrogen) atoms. The van der Waals surface area contributed by atoms with Gasteiger partial charge < -0.3 is 5.11 Å². The number of carbonyl (C=O) groups is 1. The van der Waals surface area contributed by atoms with Gasteiger partial charge in [-0.3, -0.25) is 14.9 Å². The van der Waals surface area contributed by atoms with E-state index < -0.39 is 55.6 Å². The minimum Gasteiger partial charge on any atom is -0.481 e. The first kappa shape index (κ1) is 19.4. The molecule has 0 saturated heterocycles. The molecule has 0 saturated carbocycles. The number of hydrogen-bond acceptors (Lipinski definition) is 5. The number of aliphatic carboxylic acids is 1. The molecule has 8 nitrogen and oxygen atoms in total. The van der Waals surface area contributed by atoms with Crippen LogP contribution in [0.4, 0.5) is 14.5 Å². The second kappa shape index (κ2) is 7.54. The molecule has 0 radical (unpaired) electrons. The largest absolute Gasteiger partial charge is 0.481 e. The summed E-state index contributed by atoms with van der Waals surface area (Å²) >= 11 is 0. The zero-order valence-corrected chi connectivity index (χ0v) is 13.7. The lowest BCUT2D eigenvalue weighted by Gasteiger charge is -2.18. The second-order valence-corrected chi connectivity index (χ2v) is 6.84. The molecule has 1 unspecified atom stereocenters. The van der Waals surface area contributed by atoms with E-state index in [4.69, 9.17) is 5.11 Å². The van der Waals surface area contributed by atoms with Gasteiger partial charge in [0.15, 0.2) is 0 Å². The highest BCUT2D eigenvalue weighted by Crippen LogP contribution is 2.29. The fourth-order valence-corrected chi connectivity index (χ4v) is 3.56. The Kier molecular flexibility index (Phi) is 5.63. The van der Waals surface area contributed by atoms with E-state index in [1.165, 1.54) is 18.2 Å². The predicted octanol–water partition coefficient (Wildman–Crippen LogP) is 2.37. The number of nitrogens with one attached hydrogen (secondary N) is 1. The Labute approximate surface area is 146 Å².